The Labute approximate surface area is 152 Å². The van der Waals surface area contributed by atoms with Crippen molar-refractivity contribution in [2.75, 3.05) is 25.5 Å². The highest BCUT2D eigenvalue weighted by Crippen LogP contribution is 2.17. The summed E-state index contributed by atoms with van der Waals surface area (Å²) in [7, 11) is 3.63. The molecule has 0 atom stereocenters. The summed E-state index contributed by atoms with van der Waals surface area (Å²) in [5, 5.41) is 15.1. The molecule has 0 saturated heterocycles. The molecule has 0 aliphatic carbocycles. The number of nitrogens with zero attached hydrogens (tertiary/aromatic N) is 5. The molecular formula is C18H24N8. The Bertz CT molecular complexity index is 899. The molecule has 0 amide bonds. The third-order valence-corrected chi connectivity index (χ3v) is 4.17. The van der Waals surface area contributed by atoms with Crippen LogP contribution in [0.4, 0.5) is 5.82 Å². The number of hydrogen-bond donors (Lipinski definition) is 3. The number of nitrogens with one attached hydrogen (secondary N) is 3. The van der Waals surface area contributed by atoms with E-state index in [0.717, 1.165) is 29.4 Å². The lowest BCUT2D eigenvalue weighted by Crippen LogP contribution is -2.39. The first kappa shape index (κ1) is 17.7. The van der Waals surface area contributed by atoms with E-state index in [-0.39, 0.29) is 0 Å². The maximum Gasteiger partial charge on any atom is 0.191 e. The summed E-state index contributed by atoms with van der Waals surface area (Å²) in [5.41, 5.74) is 3.33. The van der Waals surface area contributed by atoms with Crippen LogP contribution in [0, 0.1) is 6.92 Å². The topological polar surface area (TPSA) is 92.1 Å². The first-order valence-corrected chi connectivity index (χ1v) is 8.54. The van der Waals surface area contributed by atoms with Gasteiger partial charge in [-0.05, 0) is 18.1 Å². The van der Waals surface area contributed by atoms with Crippen LogP contribution in [0.3, 0.4) is 0 Å². The highest BCUT2D eigenvalue weighted by molar-refractivity contribution is 5.86. The molecule has 0 aliphatic rings. The molecule has 8 nitrogen and oxygen atoms in total. The van der Waals surface area contributed by atoms with Gasteiger partial charge in [0.15, 0.2) is 11.6 Å². The van der Waals surface area contributed by atoms with Gasteiger partial charge in [0.25, 0.3) is 0 Å². The average molecular weight is 352 g/mol. The van der Waals surface area contributed by atoms with Gasteiger partial charge in [0.05, 0.1) is 11.6 Å². The maximum absolute atomic E-state index is 4.29. The van der Waals surface area contributed by atoms with E-state index in [0.29, 0.717) is 13.1 Å². The second kappa shape index (κ2) is 8.28. The first-order chi connectivity index (χ1) is 12.7. The molecule has 3 aromatic rings. The Balaban J connectivity index is 1.48. The van der Waals surface area contributed by atoms with E-state index in [1.54, 1.807) is 24.3 Å². The molecule has 136 valence electrons. The van der Waals surface area contributed by atoms with Crippen molar-refractivity contribution >= 4 is 22.8 Å². The molecule has 0 saturated carbocycles. The van der Waals surface area contributed by atoms with E-state index < -0.39 is 0 Å². The first-order valence-electron chi connectivity index (χ1n) is 8.54. The van der Waals surface area contributed by atoms with Crippen molar-refractivity contribution in [2.24, 2.45) is 12.0 Å². The number of aromatic nitrogens is 4. The average Bonchev–Trinajstić information content (AvgIpc) is 3.04. The van der Waals surface area contributed by atoms with Gasteiger partial charge in [-0.2, -0.15) is 5.10 Å². The minimum atomic E-state index is 0.700. The van der Waals surface area contributed by atoms with Crippen molar-refractivity contribution in [3.05, 3.63) is 47.9 Å². The number of hydrogen-bond acceptors (Lipinski definition) is 5. The second-order valence-corrected chi connectivity index (χ2v) is 5.93. The molecule has 2 heterocycles. The highest BCUT2D eigenvalue weighted by Gasteiger charge is 2.07. The third-order valence-electron chi connectivity index (χ3n) is 4.17. The quantitative estimate of drug-likeness (QED) is 0.353. The van der Waals surface area contributed by atoms with E-state index in [4.69, 9.17) is 0 Å². The molecule has 0 bridgehead atoms. The van der Waals surface area contributed by atoms with Crippen LogP contribution < -0.4 is 16.0 Å². The lowest BCUT2D eigenvalue weighted by atomic mass is 10.1. The Hall–Kier alpha value is -3.16. The summed E-state index contributed by atoms with van der Waals surface area (Å²) in [4.78, 5) is 12.8. The Kier molecular flexibility index (Phi) is 5.62. The Morgan fingerprint density at radius 3 is 2.81 bits per heavy atom. The van der Waals surface area contributed by atoms with Crippen LogP contribution >= 0.6 is 0 Å². The summed E-state index contributed by atoms with van der Waals surface area (Å²) in [6.07, 6.45) is 3.32. The van der Waals surface area contributed by atoms with Crippen molar-refractivity contribution in [1.29, 1.82) is 0 Å². The Morgan fingerprint density at radius 1 is 1.15 bits per heavy atom. The van der Waals surface area contributed by atoms with Crippen LogP contribution in [-0.4, -0.2) is 45.8 Å². The van der Waals surface area contributed by atoms with E-state index in [2.05, 4.69) is 55.1 Å². The molecule has 3 N–H and O–H groups in total. The number of aryl methyl sites for hydroxylation is 2. The zero-order valence-electron chi connectivity index (χ0n) is 15.3. The summed E-state index contributed by atoms with van der Waals surface area (Å²) in [6, 6.07) is 8.32. The van der Waals surface area contributed by atoms with Gasteiger partial charge in [-0.1, -0.05) is 24.3 Å². The number of rotatable bonds is 6. The van der Waals surface area contributed by atoms with Gasteiger partial charge >= 0.3 is 0 Å². The summed E-state index contributed by atoms with van der Waals surface area (Å²) < 4.78 is 1.73. The van der Waals surface area contributed by atoms with Crippen molar-refractivity contribution in [3.8, 4) is 0 Å². The van der Waals surface area contributed by atoms with Gasteiger partial charge < -0.3 is 16.0 Å². The van der Waals surface area contributed by atoms with E-state index in [9.17, 15) is 0 Å². The largest absolute Gasteiger partial charge is 0.368 e. The van der Waals surface area contributed by atoms with Gasteiger partial charge in [0.1, 0.15) is 12.1 Å². The van der Waals surface area contributed by atoms with Gasteiger partial charge in [-0.15, -0.1) is 0 Å². The molecule has 0 spiro atoms. The molecule has 0 fully saturated rings. The monoisotopic (exact) mass is 352 g/mol. The van der Waals surface area contributed by atoms with E-state index >= 15 is 0 Å². The fourth-order valence-corrected chi connectivity index (χ4v) is 2.67. The second-order valence-electron chi connectivity index (χ2n) is 5.93. The standard InChI is InChI=1S/C18H24N8/c1-13-6-4-5-7-14(13)10-22-18(19-2)21-9-8-20-16-15-11-25-26(3)17(15)24-12-23-16/h4-7,11-12H,8-10H2,1-3H3,(H2,19,21,22)(H,20,23,24). The van der Waals surface area contributed by atoms with Gasteiger partial charge in [0, 0.05) is 33.7 Å². The van der Waals surface area contributed by atoms with E-state index in [1.807, 2.05) is 19.2 Å². The maximum atomic E-state index is 4.29. The molecule has 0 aliphatic heterocycles. The predicted octanol–water partition coefficient (Wildman–Crippen LogP) is 1.45. The van der Waals surface area contributed by atoms with Crippen LogP contribution in [0.1, 0.15) is 11.1 Å². The lowest BCUT2D eigenvalue weighted by molar-refractivity contribution is 0.785. The summed E-state index contributed by atoms with van der Waals surface area (Å²) >= 11 is 0. The van der Waals surface area contributed by atoms with Crippen molar-refractivity contribution in [1.82, 2.24) is 30.4 Å². The lowest BCUT2D eigenvalue weighted by Gasteiger charge is -2.13. The molecule has 1 aromatic carbocycles. The van der Waals surface area contributed by atoms with Crippen LogP contribution in [0.15, 0.2) is 41.8 Å². The van der Waals surface area contributed by atoms with E-state index in [1.165, 1.54) is 11.1 Å². The molecule has 0 radical (unpaired) electrons. The molecule has 3 rings (SSSR count). The Morgan fingerprint density at radius 2 is 2.00 bits per heavy atom. The summed E-state index contributed by atoms with van der Waals surface area (Å²) in [5.74, 6) is 1.55. The SMILES string of the molecule is CN=C(NCCNc1ncnc2c1cnn2C)NCc1ccccc1C. The number of fused-ring (bicyclic) bond motifs is 1. The van der Waals surface area contributed by atoms with Crippen molar-refractivity contribution in [2.45, 2.75) is 13.5 Å². The number of aliphatic imine (C=N–C) groups is 1. The molecule has 2 aromatic heterocycles. The van der Waals surface area contributed by atoms with Gasteiger partial charge in [0.2, 0.25) is 0 Å². The number of anilines is 1. The van der Waals surface area contributed by atoms with Crippen molar-refractivity contribution < 1.29 is 0 Å². The summed E-state index contributed by atoms with van der Waals surface area (Å²) in [6.45, 7) is 4.26. The molecule has 8 heteroatoms. The van der Waals surface area contributed by atoms with Gasteiger partial charge in [-0.3, -0.25) is 9.67 Å². The molecule has 0 unspecified atom stereocenters. The fourth-order valence-electron chi connectivity index (χ4n) is 2.67. The fraction of sp³-hybridized carbons (Fsp3) is 0.333. The van der Waals surface area contributed by atoms with Crippen LogP contribution in [-0.2, 0) is 13.6 Å². The predicted molar refractivity (Wildman–Crippen MR) is 104 cm³/mol. The smallest absolute Gasteiger partial charge is 0.191 e. The zero-order chi connectivity index (χ0) is 18.4. The number of guanidine groups is 1. The van der Waals surface area contributed by atoms with Crippen LogP contribution in [0.5, 0.6) is 0 Å². The third kappa shape index (κ3) is 4.08. The minimum absolute atomic E-state index is 0.700. The van der Waals surface area contributed by atoms with Crippen molar-refractivity contribution in [3.63, 3.8) is 0 Å². The molecule has 26 heavy (non-hydrogen) atoms. The number of benzene rings is 1. The van der Waals surface area contributed by atoms with Gasteiger partial charge in [-0.25, -0.2) is 9.97 Å². The zero-order valence-corrected chi connectivity index (χ0v) is 15.3. The molecular weight excluding hydrogens is 328 g/mol. The highest BCUT2D eigenvalue weighted by atomic mass is 15.3. The normalized spacial score (nSPS) is 11.6. The van der Waals surface area contributed by atoms with Crippen LogP contribution in [0.2, 0.25) is 0 Å². The minimum Gasteiger partial charge on any atom is -0.368 e. The van der Waals surface area contributed by atoms with Crippen LogP contribution in [0.25, 0.3) is 11.0 Å².